The molecule has 1 fully saturated rings. The van der Waals surface area contributed by atoms with Gasteiger partial charge < -0.3 is 14.4 Å². The molecule has 158 valence electrons. The molecular weight excluding hydrogens is 419 g/mol. The number of allylic oxidation sites excluding steroid dienone is 1. The van der Waals surface area contributed by atoms with Gasteiger partial charge in [-0.1, -0.05) is 11.6 Å². The van der Waals surface area contributed by atoms with Crippen molar-refractivity contribution in [2.24, 2.45) is 0 Å². The van der Waals surface area contributed by atoms with Gasteiger partial charge in [-0.25, -0.2) is 0 Å². The van der Waals surface area contributed by atoms with Crippen molar-refractivity contribution >= 4 is 29.1 Å². The van der Waals surface area contributed by atoms with Crippen LogP contribution in [-0.4, -0.2) is 39.2 Å². The zero-order valence-electron chi connectivity index (χ0n) is 16.2. The zero-order valence-corrected chi connectivity index (χ0v) is 16.9. The number of Topliss-reactive ketones (excluding diaryl/α,β-unsaturated/α-hetero) is 1. The highest BCUT2D eigenvalue weighted by Crippen LogP contribution is 2.39. The summed E-state index contributed by atoms with van der Waals surface area (Å²) in [4.78, 5) is 15.1. The Balaban J connectivity index is 1.70. The van der Waals surface area contributed by atoms with E-state index in [4.69, 9.17) is 21.1 Å². The number of benzene rings is 2. The molecule has 0 atom stereocenters. The number of hydrogen-bond donors (Lipinski definition) is 0. The van der Waals surface area contributed by atoms with Gasteiger partial charge in [-0.3, -0.25) is 4.79 Å². The first-order chi connectivity index (χ1) is 14.3. The van der Waals surface area contributed by atoms with Crippen LogP contribution in [0.1, 0.15) is 27.0 Å². The van der Waals surface area contributed by atoms with Crippen LogP contribution in [0.4, 0.5) is 18.9 Å². The fourth-order valence-corrected chi connectivity index (χ4v) is 3.95. The van der Waals surface area contributed by atoms with Crippen LogP contribution >= 0.6 is 11.6 Å². The van der Waals surface area contributed by atoms with Crippen molar-refractivity contribution < 1.29 is 27.4 Å². The molecule has 2 aliphatic rings. The summed E-state index contributed by atoms with van der Waals surface area (Å²) in [6.45, 7) is 2.65. The number of nitrogens with zero attached hydrogens (tertiary/aromatic N) is 1. The first-order valence-electron chi connectivity index (χ1n) is 9.43. The summed E-state index contributed by atoms with van der Waals surface area (Å²) >= 11 is 6.10. The van der Waals surface area contributed by atoms with Crippen LogP contribution in [0.25, 0.3) is 6.08 Å². The maximum Gasteiger partial charge on any atom is 0.416 e. The van der Waals surface area contributed by atoms with E-state index in [1.54, 1.807) is 13.2 Å². The summed E-state index contributed by atoms with van der Waals surface area (Å²) in [5, 5.41) is 0.158. The molecule has 4 rings (SSSR count). The quantitative estimate of drug-likeness (QED) is 0.632. The summed E-state index contributed by atoms with van der Waals surface area (Å²) in [7, 11) is 1.55. The molecule has 0 amide bonds. The molecule has 8 heteroatoms. The number of carbonyl (C=O) groups is 1. The minimum absolute atomic E-state index is 0.158. The number of halogens is 4. The van der Waals surface area contributed by atoms with Crippen molar-refractivity contribution in [1.29, 1.82) is 0 Å². The standard InChI is InChI=1S/C22H19ClF3NO3/c1-29-20-12-17-13(11-19(20)27-4-6-30-7-5-27)8-15(21(17)28)9-14-10-16(22(24,25)26)2-3-18(14)23/h2-3,9-12H,4-8H2,1H3. The summed E-state index contributed by atoms with van der Waals surface area (Å²) in [6.07, 6.45) is -2.72. The van der Waals surface area contributed by atoms with Gasteiger partial charge in [0.1, 0.15) is 5.75 Å². The van der Waals surface area contributed by atoms with E-state index >= 15 is 0 Å². The van der Waals surface area contributed by atoms with Gasteiger partial charge in [0.05, 0.1) is 31.6 Å². The Hall–Kier alpha value is -2.51. The van der Waals surface area contributed by atoms with Gasteiger partial charge in [0.15, 0.2) is 5.78 Å². The highest BCUT2D eigenvalue weighted by molar-refractivity contribution is 6.32. The minimum Gasteiger partial charge on any atom is -0.495 e. The van der Waals surface area contributed by atoms with Crippen LogP contribution in [0.15, 0.2) is 35.9 Å². The van der Waals surface area contributed by atoms with Crippen molar-refractivity contribution in [3.05, 3.63) is 63.2 Å². The Bertz CT molecular complexity index is 1030. The Morgan fingerprint density at radius 1 is 1.17 bits per heavy atom. The summed E-state index contributed by atoms with van der Waals surface area (Å²) in [5.41, 5.74) is 1.95. The van der Waals surface area contributed by atoms with Gasteiger partial charge in [0.25, 0.3) is 0 Å². The molecule has 0 radical (unpaired) electrons. The van der Waals surface area contributed by atoms with Gasteiger partial charge in [0.2, 0.25) is 0 Å². The number of morpholine rings is 1. The summed E-state index contributed by atoms with van der Waals surface area (Å²) in [5.74, 6) is 0.354. The molecule has 1 heterocycles. The number of hydrogen-bond acceptors (Lipinski definition) is 4. The van der Waals surface area contributed by atoms with Crippen molar-refractivity contribution in [3.63, 3.8) is 0 Å². The predicted molar refractivity (Wildman–Crippen MR) is 108 cm³/mol. The molecule has 0 saturated carbocycles. The smallest absolute Gasteiger partial charge is 0.416 e. The number of ether oxygens (including phenoxy) is 2. The normalized spacial score (nSPS) is 18.1. The van der Waals surface area contributed by atoms with E-state index < -0.39 is 11.7 Å². The second kappa shape index (κ2) is 7.96. The number of methoxy groups -OCH3 is 1. The monoisotopic (exact) mass is 437 g/mol. The molecule has 2 aromatic carbocycles. The van der Waals surface area contributed by atoms with Crippen molar-refractivity contribution in [3.8, 4) is 5.75 Å². The van der Waals surface area contributed by atoms with Crippen LogP contribution in [0.3, 0.4) is 0 Å². The van der Waals surface area contributed by atoms with Crippen LogP contribution in [0, 0.1) is 0 Å². The third-order valence-corrected chi connectivity index (χ3v) is 5.67. The molecule has 30 heavy (non-hydrogen) atoms. The lowest BCUT2D eigenvalue weighted by molar-refractivity contribution is -0.137. The molecule has 0 aromatic heterocycles. The fourth-order valence-electron chi connectivity index (χ4n) is 3.78. The van der Waals surface area contributed by atoms with Gasteiger partial charge >= 0.3 is 6.18 Å². The van der Waals surface area contributed by atoms with Crippen LogP contribution < -0.4 is 9.64 Å². The van der Waals surface area contributed by atoms with E-state index in [-0.39, 0.29) is 16.4 Å². The largest absolute Gasteiger partial charge is 0.495 e. The molecule has 0 spiro atoms. The molecule has 0 unspecified atom stereocenters. The van der Waals surface area contributed by atoms with Crippen LogP contribution in [0.2, 0.25) is 5.02 Å². The Kier molecular flexibility index (Phi) is 5.51. The minimum atomic E-state index is -4.49. The van der Waals surface area contributed by atoms with E-state index in [9.17, 15) is 18.0 Å². The van der Waals surface area contributed by atoms with Gasteiger partial charge in [-0.05, 0) is 47.5 Å². The lowest BCUT2D eigenvalue weighted by Gasteiger charge is -2.30. The maximum absolute atomic E-state index is 13.1. The molecule has 4 nitrogen and oxygen atoms in total. The third kappa shape index (κ3) is 3.91. The number of alkyl halides is 3. The molecule has 1 aliphatic heterocycles. The van der Waals surface area contributed by atoms with Gasteiger partial charge in [-0.15, -0.1) is 0 Å². The van der Waals surface area contributed by atoms with Crippen molar-refractivity contribution in [1.82, 2.24) is 0 Å². The first kappa shape index (κ1) is 20.8. The number of anilines is 1. The third-order valence-electron chi connectivity index (χ3n) is 5.33. The van der Waals surface area contributed by atoms with E-state index in [0.29, 0.717) is 49.6 Å². The Morgan fingerprint density at radius 2 is 1.90 bits per heavy atom. The second-order valence-corrected chi connectivity index (χ2v) is 7.60. The van der Waals surface area contributed by atoms with Crippen molar-refractivity contribution in [2.45, 2.75) is 12.6 Å². The van der Waals surface area contributed by atoms with Gasteiger partial charge in [-0.2, -0.15) is 13.2 Å². The molecule has 0 bridgehead atoms. The van der Waals surface area contributed by atoms with Crippen LogP contribution in [0.5, 0.6) is 5.75 Å². The highest BCUT2D eigenvalue weighted by Gasteiger charge is 2.32. The van der Waals surface area contributed by atoms with E-state index in [0.717, 1.165) is 23.4 Å². The number of rotatable bonds is 3. The number of ketones is 1. The Labute approximate surface area is 176 Å². The SMILES string of the molecule is COc1cc2c(cc1N1CCOCC1)CC(=Cc1cc(C(F)(F)F)ccc1Cl)C2=O. The lowest BCUT2D eigenvalue weighted by atomic mass is 10.0. The summed E-state index contributed by atoms with van der Waals surface area (Å²) in [6, 6.07) is 6.71. The molecule has 0 N–H and O–H groups in total. The average molecular weight is 438 g/mol. The number of carbonyl (C=O) groups excluding carboxylic acids is 1. The average Bonchev–Trinajstić information content (AvgIpc) is 3.03. The second-order valence-electron chi connectivity index (χ2n) is 7.19. The molecule has 1 aliphatic carbocycles. The topological polar surface area (TPSA) is 38.8 Å². The first-order valence-corrected chi connectivity index (χ1v) is 9.81. The maximum atomic E-state index is 13.1. The molecule has 1 saturated heterocycles. The Morgan fingerprint density at radius 3 is 2.57 bits per heavy atom. The number of fused-ring (bicyclic) bond motifs is 1. The predicted octanol–water partition coefficient (Wildman–Crippen LogP) is 5.03. The fraction of sp³-hybridized carbons (Fsp3) is 0.318. The molecule has 2 aromatic rings. The van der Waals surface area contributed by atoms with Crippen molar-refractivity contribution in [2.75, 3.05) is 38.3 Å². The van der Waals surface area contributed by atoms with E-state index in [1.165, 1.54) is 12.1 Å². The lowest BCUT2D eigenvalue weighted by Crippen LogP contribution is -2.36. The zero-order chi connectivity index (χ0) is 21.5. The molecular formula is C22H19ClF3NO3. The summed E-state index contributed by atoms with van der Waals surface area (Å²) < 4.78 is 50.0. The van der Waals surface area contributed by atoms with E-state index in [2.05, 4.69) is 4.90 Å². The van der Waals surface area contributed by atoms with Crippen LogP contribution in [-0.2, 0) is 17.3 Å². The highest BCUT2D eigenvalue weighted by atomic mass is 35.5. The van der Waals surface area contributed by atoms with Gasteiger partial charge in [0, 0.05) is 35.7 Å². The van der Waals surface area contributed by atoms with E-state index in [1.807, 2.05) is 6.07 Å².